The van der Waals surface area contributed by atoms with E-state index in [1.165, 1.54) is 38.1 Å². The molecular formula is C21H25Cl2N3O4S. The van der Waals surface area contributed by atoms with Crippen molar-refractivity contribution in [3.8, 4) is 0 Å². The van der Waals surface area contributed by atoms with Gasteiger partial charge in [0.1, 0.15) is 0 Å². The lowest BCUT2D eigenvalue weighted by molar-refractivity contribution is -0.122. The normalized spacial score (nSPS) is 12.8. The van der Waals surface area contributed by atoms with Gasteiger partial charge in [-0.25, -0.2) is 8.42 Å². The molecule has 2 aromatic carbocycles. The minimum Gasteiger partial charge on any atom is -0.354 e. The number of amides is 2. The summed E-state index contributed by atoms with van der Waals surface area (Å²) in [7, 11) is -3.92. The third-order valence-corrected chi connectivity index (χ3v) is 6.91. The lowest BCUT2D eigenvalue weighted by Gasteiger charge is -2.27. The van der Waals surface area contributed by atoms with Gasteiger partial charge in [0.15, 0.2) is 0 Å². The van der Waals surface area contributed by atoms with E-state index in [0.29, 0.717) is 15.7 Å². The maximum Gasteiger partial charge on any atom is 0.241 e. The highest BCUT2D eigenvalue weighted by Crippen LogP contribution is 2.29. The summed E-state index contributed by atoms with van der Waals surface area (Å²) in [6, 6.07) is 9.92. The summed E-state index contributed by atoms with van der Waals surface area (Å²) >= 11 is 12.0. The van der Waals surface area contributed by atoms with Gasteiger partial charge in [0.25, 0.3) is 0 Å². The van der Waals surface area contributed by atoms with E-state index in [4.69, 9.17) is 23.2 Å². The molecule has 0 spiro atoms. The number of hydrogen-bond donors (Lipinski definition) is 3. The summed E-state index contributed by atoms with van der Waals surface area (Å²) in [5.41, 5.74) is 0.902. The number of anilines is 1. The Bertz CT molecular complexity index is 1070. The number of carbonyl (C=O) groups is 2. The first-order chi connectivity index (χ1) is 14.3. The minimum atomic E-state index is -3.92. The highest BCUT2D eigenvalue weighted by atomic mass is 35.5. The maximum atomic E-state index is 12.6. The second-order valence-electron chi connectivity index (χ2n) is 7.78. The molecule has 31 heavy (non-hydrogen) atoms. The molecule has 0 saturated carbocycles. The van der Waals surface area contributed by atoms with Crippen LogP contribution >= 0.6 is 23.2 Å². The number of halogens is 2. The van der Waals surface area contributed by atoms with Crippen molar-refractivity contribution in [2.45, 2.75) is 44.0 Å². The minimum absolute atomic E-state index is 0.0163. The Hall–Kier alpha value is -2.13. The van der Waals surface area contributed by atoms with Crippen LogP contribution in [0.3, 0.4) is 0 Å². The van der Waals surface area contributed by atoms with Crippen molar-refractivity contribution in [2.75, 3.05) is 11.9 Å². The molecule has 0 radical (unpaired) electrons. The number of benzene rings is 2. The average Bonchev–Trinajstić information content (AvgIpc) is 2.67. The molecule has 2 rings (SSSR count). The van der Waals surface area contributed by atoms with Crippen LogP contribution in [0, 0.1) is 0 Å². The Morgan fingerprint density at radius 3 is 2.19 bits per heavy atom. The number of sulfonamides is 1. The van der Waals surface area contributed by atoms with Gasteiger partial charge in [0.05, 0.1) is 21.0 Å². The van der Waals surface area contributed by atoms with Crippen LogP contribution in [0.5, 0.6) is 0 Å². The van der Waals surface area contributed by atoms with E-state index in [1.54, 1.807) is 12.1 Å². The third kappa shape index (κ3) is 6.93. The largest absolute Gasteiger partial charge is 0.354 e. The van der Waals surface area contributed by atoms with Gasteiger partial charge < -0.3 is 10.6 Å². The Morgan fingerprint density at radius 1 is 1.03 bits per heavy atom. The molecule has 0 aliphatic rings. The number of carbonyl (C=O) groups excluding carboxylic acids is 2. The predicted molar refractivity (Wildman–Crippen MR) is 123 cm³/mol. The van der Waals surface area contributed by atoms with Crippen LogP contribution in [0.1, 0.15) is 33.3 Å². The Kier molecular flexibility index (Phi) is 8.10. The van der Waals surface area contributed by atoms with Gasteiger partial charge in [-0.2, -0.15) is 4.72 Å². The summed E-state index contributed by atoms with van der Waals surface area (Å²) in [4.78, 5) is 23.5. The number of hydrogen-bond acceptors (Lipinski definition) is 4. The van der Waals surface area contributed by atoms with E-state index in [9.17, 15) is 18.0 Å². The standard InChI is InChI=1S/C21H25Cl2N3O4S/c1-13(26-31(29,30)17-8-6-16(7-9-17)25-14(2)27)20(28)24-12-21(3,4)15-5-10-18(22)19(23)11-15/h5-11,13,26H,12H2,1-4H3,(H,24,28)(H,25,27)/t13-/m0/s1. The van der Waals surface area contributed by atoms with Gasteiger partial charge in [-0.15, -0.1) is 0 Å². The first-order valence-corrected chi connectivity index (χ1v) is 11.7. The van der Waals surface area contributed by atoms with Crippen LogP contribution < -0.4 is 15.4 Å². The van der Waals surface area contributed by atoms with E-state index in [1.807, 2.05) is 19.9 Å². The van der Waals surface area contributed by atoms with Crippen molar-refractivity contribution in [3.63, 3.8) is 0 Å². The zero-order chi connectivity index (χ0) is 23.4. The van der Waals surface area contributed by atoms with Crippen LogP contribution in [0.2, 0.25) is 10.0 Å². The topological polar surface area (TPSA) is 104 Å². The van der Waals surface area contributed by atoms with Crippen molar-refractivity contribution >= 4 is 50.7 Å². The van der Waals surface area contributed by atoms with Gasteiger partial charge in [-0.3, -0.25) is 9.59 Å². The summed E-state index contributed by atoms with van der Waals surface area (Å²) in [6.07, 6.45) is 0. The van der Waals surface area contributed by atoms with E-state index in [0.717, 1.165) is 5.56 Å². The molecule has 0 heterocycles. The second-order valence-corrected chi connectivity index (χ2v) is 10.3. The lowest BCUT2D eigenvalue weighted by atomic mass is 9.84. The fourth-order valence-electron chi connectivity index (χ4n) is 2.76. The van der Waals surface area contributed by atoms with Crippen molar-refractivity contribution < 1.29 is 18.0 Å². The molecule has 0 unspecified atom stereocenters. The zero-order valence-corrected chi connectivity index (χ0v) is 20.0. The molecule has 0 bridgehead atoms. The predicted octanol–water partition coefficient (Wildman–Crippen LogP) is 3.71. The molecule has 3 N–H and O–H groups in total. The molecule has 10 heteroatoms. The van der Waals surface area contributed by atoms with Crippen molar-refractivity contribution in [1.29, 1.82) is 0 Å². The first-order valence-electron chi connectivity index (χ1n) is 9.45. The maximum absolute atomic E-state index is 12.6. The van der Waals surface area contributed by atoms with Gasteiger partial charge in [0.2, 0.25) is 21.8 Å². The molecule has 0 aromatic heterocycles. The molecule has 0 saturated heterocycles. The fourth-order valence-corrected chi connectivity index (χ4v) is 4.26. The summed E-state index contributed by atoms with van der Waals surface area (Å²) in [5.74, 6) is -0.727. The molecule has 1 atom stereocenters. The van der Waals surface area contributed by atoms with Crippen LogP contribution in [0.15, 0.2) is 47.4 Å². The van der Waals surface area contributed by atoms with E-state index in [2.05, 4.69) is 15.4 Å². The molecule has 2 aromatic rings. The molecule has 7 nitrogen and oxygen atoms in total. The lowest BCUT2D eigenvalue weighted by Crippen LogP contribution is -2.47. The zero-order valence-electron chi connectivity index (χ0n) is 17.6. The van der Waals surface area contributed by atoms with Crippen LogP contribution in [0.4, 0.5) is 5.69 Å². The average molecular weight is 486 g/mol. The quantitative estimate of drug-likeness (QED) is 0.529. The van der Waals surface area contributed by atoms with E-state index >= 15 is 0 Å². The summed E-state index contributed by atoms with van der Waals surface area (Å²) in [6.45, 7) is 6.94. The molecular weight excluding hydrogens is 461 g/mol. The molecule has 0 fully saturated rings. The van der Waals surface area contributed by atoms with Crippen molar-refractivity contribution in [1.82, 2.24) is 10.0 Å². The van der Waals surface area contributed by atoms with Crippen molar-refractivity contribution in [2.24, 2.45) is 0 Å². The second kappa shape index (κ2) is 9.99. The Balaban J connectivity index is 2.00. The van der Waals surface area contributed by atoms with Gasteiger partial charge in [-0.1, -0.05) is 43.1 Å². The number of rotatable bonds is 8. The summed E-state index contributed by atoms with van der Waals surface area (Å²) < 4.78 is 27.5. The van der Waals surface area contributed by atoms with Gasteiger partial charge in [-0.05, 0) is 48.9 Å². The van der Waals surface area contributed by atoms with Crippen LogP contribution in [0.25, 0.3) is 0 Å². The Labute approximate surface area is 192 Å². The fraction of sp³-hybridized carbons (Fsp3) is 0.333. The van der Waals surface area contributed by atoms with E-state index in [-0.39, 0.29) is 17.3 Å². The third-order valence-electron chi connectivity index (χ3n) is 4.62. The molecule has 168 valence electrons. The van der Waals surface area contributed by atoms with Crippen LogP contribution in [-0.2, 0) is 25.0 Å². The van der Waals surface area contributed by atoms with E-state index < -0.39 is 27.4 Å². The molecule has 0 aliphatic heterocycles. The Morgan fingerprint density at radius 2 is 1.65 bits per heavy atom. The van der Waals surface area contributed by atoms with Crippen molar-refractivity contribution in [3.05, 3.63) is 58.1 Å². The summed E-state index contributed by atoms with van der Waals surface area (Å²) in [5, 5.41) is 6.19. The molecule has 2 amide bonds. The highest BCUT2D eigenvalue weighted by Gasteiger charge is 2.26. The highest BCUT2D eigenvalue weighted by molar-refractivity contribution is 7.89. The number of nitrogens with one attached hydrogen (secondary N) is 3. The monoisotopic (exact) mass is 485 g/mol. The van der Waals surface area contributed by atoms with Crippen LogP contribution in [-0.4, -0.2) is 32.8 Å². The first kappa shape index (κ1) is 25.1. The molecule has 0 aliphatic carbocycles. The van der Waals surface area contributed by atoms with Gasteiger partial charge >= 0.3 is 0 Å². The smallest absolute Gasteiger partial charge is 0.241 e. The van der Waals surface area contributed by atoms with Gasteiger partial charge in [0, 0.05) is 24.6 Å². The SMILES string of the molecule is CC(=O)Nc1ccc(S(=O)(=O)N[C@@H](C)C(=O)NCC(C)(C)c2ccc(Cl)c(Cl)c2)cc1.